The number of fused-ring (bicyclic) bond motifs is 1. The molecule has 0 spiro atoms. The first-order valence-corrected chi connectivity index (χ1v) is 7.95. The SMILES string of the molecule is CCC(CC)(CC)Nc1nc(Cl)nc2sc(C)cc12. The molecule has 0 amide bonds. The maximum atomic E-state index is 6.04. The lowest BCUT2D eigenvalue weighted by Gasteiger charge is -2.32. The molecule has 0 aliphatic carbocycles. The topological polar surface area (TPSA) is 37.8 Å². The van der Waals surface area contributed by atoms with Crippen LogP contribution in [0.15, 0.2) is 6.07 Å². The maximum Gasteiger partial charge on any atom is 0.225 e. The largest absolute Gasteiger partial charge is 0.364 e. The zero-order valence-corrected chi connectivity index (χ0v) is 13.5. The van der Waals surface area contributed by atoms with Crippen LogP contribution in [0.4, 0.5) is 5.82 Å². The predicted molar refractivity (Wildman–Crippen MR) is 84.4 cm³/mol. The van der Waals surface area contributed by atoms with Gasteiger partial charge in [-0.2, -0.15) is 0 Å². The van der Waals surface area contributed by atoms with Crippen molar-refractivity contribution >= 4 is 39.0 Å². The summed E-state index contributed by atoms with van der Waals surface area (Å²) in [5.74, 6) is 0.866. The number of rotatable bonds is 5. The van der Waals surface area contributed by atoms with E-state index < -0.39 is 0 Å². The molecule has 0 fully saturated rings. The van der Waals surface area contributed by atoms with Crippen LogP contribution in [0, 0.1) is 6.92 Å². The Morgan fingerprint density at radius 3 is 2.42 bits per heavy atom. The summed E-state index contributed by atoms with van der Waals surface area (Å²) in [6.45, 7) is 8.70. The molecule has 0 unspecified atom stereocenters. The average Bonchev–Trinajstić information content (AvgIpc) is 2.76. The second-order valence-corrected chi connectivity index (χ2v) is 6.46. The summed E-state index contributed by atoms with van der Waals surface area (Å²) in [5.41, 5.74) is 0.0838. The zero-order valence-electron chi connectivity index (χ0n) is 11.9. The molecule has 2 aromatic heterocycles. The van der Waals surface area contributed by atoms with Gasteiger partial charge in [-0.05, 0) is 43.9 Å². The Morgan fingerprint density at radius 2 is 1.84 bits per heavy atom. The number of aryl methyl sites for hydroxylation is 1. The summed E-state index contributed by atoms with van der Waals surface area (Å²) in [7, 11) is 0. The monoisotopic (exact) mass is 297 g/mol. The molecule has 0 aliphatic heterocycles. The molecule has 3 nitrogen and oxygen atoms in total. The van der Waals surface area contributed by atoms with Crippen molar-refractivity contribution in [3.05, 3.63) is 16.2 Å². The van der Waals surface area contributed by atoms with E-state index in [4.69, 9.17) is 11.6 Å². The smallest absolute Gasteiger partial charge is 0.225 e. The summed E-state index contributed by atoms with van der Waals surface area (Å²) in [6.07, 6.45) is 3.19. The summed E-state index contributed by atoms with van der Waals surface area (Å²) in [4.78, 5) is 10.9. The number of nitrogens with one attached hydrogen (secondary N) is 1. The number of thiophene rings is 1. The number of aromatic nitrogens is 2. The molecule has 19 heavy (non-hydrogen) atoms. The van der Waals surface area contributed by atoms with Crippen LogP contribution in [0.25, 0.3) is 10.2 Å². The average molecular weight is 298 g/mol. The van der Waals surface area contributed by atoms with Crippen LogP contribution in [-0.4, -0.2) is 15.5 Å². The van der Waals surface area contributed by atoms with Gasteiger partial charge in [0.2, 0.25) is 5.28 Å². The summed E-state index contributed by atoms with van der Waals surface area (Å²) in [6, 6.07) is 2.13. The molecule has 0 bridgehead atoms. The summed E-state index contributed by atoms with van der Waals surface area (Å²) < 4.78 is 0. The van der Waals surface area contributed by atoms with E-state index in [1.807, 2.05) is 0 Å². The van der Waals surface area contributed by atoms with Gasteiger partial charge in [0, 0.05) is 10.4 Å². The predicted octanol–water partition coefficient (Wildman–Crippen LogP) is 5.03. The Bertz CT molecular complexity index is 567. The molecular weight excluding hydrogens is 278 g/mol. The van der Waals surface area contributed by atoms with Crippen LogP contribution < -0.4 is 5.32 Å². The van der Waals surface area contributed by atoms with E-state index in [0.29, 0.717) is 5.28 Å². The number of anilines is 1. The van der Waals surface area contributed by atoms with Crippen molar-refractivity contribution in [2.45, 2.75) is 52.5 Å². The van der Waals surface area contributed by atoms with Gasteiger partial charge < -0.3 is 5.32 Å². The van der Waals surface area contributed by atoms with Crippen LogP contribution >= 0.6 is 22.9 Å². The Kier molecular flexibility index (Phi) is 4.31. The Balaban J connectivity index is 2.49. The van der Waals surface area contributed by atoms with Gasteiger partial charge in [0.25, 0.3) is 0 Å². The van der Waals surface area contributed by atoms with E-state index in [1.165, 1.54) is 4.88 Å². The van der Waals surface area contributed by atoms with Crippen molar-refractivity contribution in [1.29, 1.82) is 0 Å². The third-order valence-electron chi connectivity index (χ3n) is 3.90. The highest BCUT2D eigenvalue weighted by Crippen LogP contribution is 2.33. The number of nitrogens with zero attached hydrogens (tertiary/aromatic N) is 2. The number of hydrogen-bond donors (Lipinski definition) is 1. The van der Waals surface area contributed by atoms with Gasteiger partial charge in [-0.25, -0.2) is 9.97 Å². The van der Waals surface area contributed by atoms with Crippen molar-refractivity contribution in [3.8, 4) is 0 Å². The van der Waals surface area contributed by atoms with Crippen LogP contribution in [0.1, 0.15) is 44.9 Å². The Labute approximate surface area is 123 Å². The minimum absolute atomic E-state index is 0.0838. The van der Waals surface area contributed by atoms with Gasteiger partial charge in [0.1, 0.15) is 10.6 Å². The molecule has 2 heterocycles. The third kappa shape index (κ3) is 2.84. The van der Waals surface area contributed by atoms with Crippen LogP contribution in [0.5, 0.6) is 0 Å². The minimum atomic E-state index is 0.0838. The van der Waals surface area contributed by atoms with Crippen LogP contribution in [0.3, 0.4) is 0 Å². The van der Waals surface area contributed by atoms with Crippen molar-refractivity contribution < 1.29 is 0 Å². The number of hydrogen-bond acceptors (Lipinski definition) is 4. The first-order chi connectivity index (χ1) is 9.03. The second kappa shape index (κ2) is 5.63. The first-order valence-electron chi connectivity index (χ1n) is 6.75. The zero-order chi connectivity index (χ0) is 14.0. The Hall–Kier alpha value is -0.870. The highest BCUT2D eigenvalue weighted by molar-refractivity contribution is 7.18. The maximum absolute atomic E-state index is 6.04. The van der Waals surface area contributed by atoms with E-state index in [2.05, 4.69) is 49.0 Å². The lowest BCUT2D eigenvalue weighted by Crippen LogP contribution is -2.36. The fourth-order valence-corrected chi connectivity index (χ4v) is 3.48. The molecule has 0 saturated heterocycles. The molecular formula is C14H20ClN3S. The van der Waals surface area contributed by atoms with Crippen molar-refractivity contribution in [1.82, 2.24) is 9.97 Å². The van der Waals surface area contributed by atoms with Gasteiger partial charge in [-0.1, -0.05) is 20.8 Å². The molecule has 2 aromatic rings. The van der Waals surface area contributed by atoms with Gasteiger partial charge in [0.15, 0.2) is 0 Å². The lowest BCUT2D eigenvalue weighted by atomic mass is 9.90. The van der Waals surface area contributed by atoms with E-state index in [1.54, 1.807) is 11.3 Å². The van der Waals surface area contributed by atoms with Crippen molar-refractivity contribution in [2.24, 2.45) is 0 Å². The standard InChI is InChI=1S/C14H20ClN3S/c1-5-14(6-2,7-3)18-11-10-8-9(4)19-12(10)17-13(15)16-11/h8H,5-7H2,1-4H3,(H,16,17,18). The quantitative estimate of drug-likeness (QED) is 0.786. The van der Waals surface area contributed by atoms with Crippen LogP contribution in [0.2, 0.25) is 5.28 Å². The van der Waals surface area contributed by atoms with Gasteiger partial charge in [0.05, 0.1) is 5.39 Å². The summed E-state index contributed by atoms with van der Waals surface area (Å²) in [5, 5.41) is 5.00. The first kappa shape index (κ1) is 14.5. The molecule has 104 valence electrons. The van der Waals surface area contributed by atoms with E-state index in [-0.39, 0.29) is 5.54 Å². The molecule has 0 aromatic carbocycles. The lowest BCUT2D eigenvalue weighted by molar-refractivity contribution is 0.419. The summed E-state index contributed by atoms with van der Waals surface area (Å²) >= 11 is 7.69. The minimum Gasteiger partial charge on any atom is -0.364 e. The van der Waals surface area contributed by atoms with E-state index in [0.717, 1.165) is 35.3 Å². The molecule has 5 heteroatoms. The third-order valence-corrected chi connectivity index (χ3v) is 5.02. The second-order valence-electron chi connectivity index (χ2n) is 4.88. The molecule has 0 radical (unpaired) electrons. The molecule has 0 saturated carbocycles. The van der Waals surface area contributed by atoms with Gasteiger partial charge >= 0.3 is 0 Å². The normalized spacial score (nSPS) is 12.1. The molecule has 1 N–H and O–H groups in total. The fourth-order valence-electron chi connectivity index (χ4n) is 2.38. The highest BCUT2D eigenvalue weighted by atomic mass is 35.5. The van der Waals surface area contributed by atoms with E-state index in [9.17, 15) is 0 Å². The highest BCUT2D eigenvalue weighted by Gasteiger charge is 2.25. The molecule has 2 rings (SSSR count). The van der Waals surface area contributed by atoms with Crippen molar-refractivity contribution in [2.75, 3.05) is 5.32 Å². The van der Waals surface area contributed by atoms with Gasteiger partial charge in [-0.15, -0.1) is 11.3 Å². The van der Waals surface area contributed by atoms with E-state index >= 15 is 0 Å². The molecule has 0 atom stereocenters. The van der Waals surface area contributed by atoms with Crippen LogP contribution in [-0.2, 0) is 0 Å². The fraction of sp³-hybridized carbons (Fsp3) is 0.571. The molecule has 0 aliphatic rings. The van der Waals surface area contributed by atoms with Gasteiger partial charge in [-0.3, -0.25) is 0 Å². The number of halogens is 1. The Morgan fingerprint density at radius 1 is 1.21 bits per heavy atom. The van der Waals surface area contributed by atoms with Crippen molar-refractivity contribution in [3.63, 3.8) is 0 Å².